The number of nitrogens with zero attached hydrogens (tertiary/aromatic N) is 1. The van der Waals surface area contributed by atoms with Crippen LogP contribution in [0.2, 0.25) is 5.02 Å². The zero-order valence-corrected chi connectivity index (χ0v) is 19.1. The maximum absolute atomic E-state index is 13.4. The van der Waals surface area contributed by atoms with E-state index >= 15 is 0 Å². The number of benzene rings is 2. The molecule has 0 spiro atoms. The summed E-state index contributed by atoms with van der Waals surface area (Å²) < 4.78 is 0.946. The molecule has 5 heteroatoms. The highest BCUT2D eigenvalue weighted by Crippen LogP contribution is 2.49. The molecule has 0 bridgehead atoms. The van der Waals surface area contributed by atoms with Gasteiger partial charge in [0.25, 0.3) is 0 Å². The van der Waals surface area contributed by atoms with E-state index in [1.807, 2.05) is 49.4 Å². The summed E-state index contributed by atoms with van der Waals surface area (Å²) in [5.74, 6) is -0.0719. The molecule has 1 unspecified atom stereocenters. The summed E-state index contributed by atoms with van der Waals surface area (Å²) in [6.07, 6.45) is 1.44. The first kappa shape index (κ1) is 20.4. The van der Waals surface area contributed by atoms with Crippen LogP contribution in [0.1, 0.15) is 50.2 Å². The lowest BCUT2D eigenvalue weighted by Gasteiger charge is -2.43. The standard InChI is InChI=1S/C24H23BrClNO2/c1-14-18(26)8-5-9-19(14)27-20-12-24(2,3)13-21(28)23(20)17(11-22(27)29)15-6-4-7-16(25)10-15/h4-10,17H,11-13H2,1-3H3. The third-order valence-corrected chi connectivity index (χ3v) is 6.78. The summed E-state index contributed by atoms with van der Waals surface area (Å²) in [7, 11) is 0. The van der Waals surface area contributed by atoms with Crippen molar-refractivity contribution in [3.05, 3.63) is 74.4 Å². The van der Waals surface area contributed by atoms with Gasteiger partial charge in [-0.05, 0) is 54.2 Å². The molecule has 150 valence electrons. The Labute approximate surface area is 184 Å². The van der Waals surface area contributed by atoms with Gasteiger partial charge in [-0.25, -0.2) is 0 Å². The number of halogens is 2. The Morgan fingerprint density at radius 1 is 1.10 bits per heavy atom. The van der Waals surface area contributed by atoms with Crippen LogP contribution >= 0.6 is 27.5 Å². The molecular weight excluding hydrogens is 450 g/mol. The lowest BCUT2D eigenvalue weighted by Crippen LogP contribution is -2.44. The second kappa shape index (κ2) is 7.41. The van der Waals surface area contributed by atoms with Gasteiger partial charge >= 0.3 is 0 Å². The number of rotatable bonds is 2. The van der Waals surface area contributed by atoms with Crippen molar-refractivity contribution in [1.82, 2.24) is 0 Å². The van der Waals surface area contributed by atoms with Gasteiger partial charge in [0, 0.05) is 39.5 Å². The van der Waals surface area contributed by atoms with Gasteiger partial charge in [0.1, 0.15) is 0 Å². The van der Waals surface area contributed by atoms with Crippen LogP contribution in [-0.4, -0.2) is 11.7 Å². The number of amides is 1. The third kappa shape index (κ3) is 3.69. The summed E-state index contributed by atoms with van der Waals surface area (Å²) in [6, 6.07) is 13.5. The van der Waals surface area contributed by atoms with Crippen molar-refractivity contribution in [1.29, 1.82) is 0 Å². The number of Topliss-reactive ketones (excluding diaryl/α,β-unsaturated/α-hetero) is 1. The van der Waals surface area contributed by atoms with Gasteiger partial charge in [0.15, 0.2) is 5.78 Å². The molecule has 29 heavy (non-hydrogen) atoms. The van der Waals surface area contributed by atoms with Crippen molar-refractivity contribution < 1.29 is 9.59 Å². The van der Waals surface area contributed by atoms with Gasteiger partial charge in [-0.2, -0.15) is 0 Å². The number of allylic oxidation sites excluding steroid dienone is 2. The number of anilines is 1. The van der Waals surface area contributed by atoms with Crippen LogP contribution in [0, 0.1) is 12.3 Å². The second-order valence-corrected chi connectivity index (χ2v) is 10.0. The van der Waals surface area contributed by atoms with E-state index in [4.69, 9.17) is 11.6 Å². The van der Waals surface area contributed by atoms with Gasteiger partial charge in [-0.15, -0.1) is 0 Å². The van der Waals surface area contributed by atoms with Crippen molar-refractivity contribution in [3.8, 4) is 0 Å². The molecule has 4 rings (SSSR count). The molecule has 0 saturated carbocycles. The normalized spacial score (nSPS) is 21.4. The molecule has 0 aromatic heterocycles. The lowest BCUT2D eigenvalue weighted by atomic mass is 9.69. The van der Waals surface area contributed by atoms with E-state index in [0.717, 1.165) is 32.6 Å². The van der Waals surface area contributed by atoms with E-state index in [2.05, 4.69) is 29.8 Å². The SMILES string of the molecule is Cc1c(Cl)cccc1N1C(=O)CC(c2cccc(Br)c2)C2=C1CC(C)(C)CC2=O. The van der Waals surface area contributed by atoms with E-state index in [1.165, 1.54) is 0 Å². The first-order valence-electron chi connectivity index (χ1n) is 9.78. The van der Waals surface area contributed by atoms with Gasteiger partial charge in [0.05, 0.1) is 5.69 Å². The molecule has 0 saturated heterocycles. The Balaban J connectivity index is 1.94. The average Bonchev–Trinajstić information content (AvgIpc) is 2.63. The fraction of sp³-hybridized carbons (Fsp3) is 0.333. The van der Waals surface area contributed by atoms with E-state index in [-0.39, 0.29) is 29.4 Å². The average molecular weight is 473 g/mol. The van der Waals surface area contributed by atoms with Crippen molar-refractivity contribution in [2.75, 3.05) is 4.90 Å². The van der Waals surface area contributed by atoms with Crippen LogP contribution in [0.3, 0.4) is 0 Å². The highest BCUT2D eigenvalue weighted by Gasteiger charge is 2.44. The van der Waals surface area contributed by atoms with Crippen molar-refractivity contribution in [2.45, 2.75) is 46.0 Å². The summed E-state index contributed by atoms with van der Waals surface area (Å²) >= 11 is 9.88. The molecule has 2 aromatic carbocycles. The summed E-state index contributed by atoms with van der Waals surface area (Å²) in [4.78, 5) is 28.5. The van der Waals surface area contributed by atoms with E-state index in [9.17, 15) is 9.59 Å². The molecule has 1 heterocycles. The number of hydrogen-bond acceptors (Lipinski definition) is 2. The Hall–Kier alpha value is -1.91. The van der Waals surface area contributed by atoms with Gasteiger partial charge in [0.2, 0.25) is 5.91 Å². The molecule has 0 N–H and O–H groups in total. The molecule has 1 aliphatic carbocycles. The van der Waals surface area contributed by atoms with Crippen LogP contribution in [0.25, 0.3) is 0 Å². The topological polar surface area (TPSA) is 37.4 Å². The Morgan fingerprint density at radius 2 is 1.83 bits per heavy atom. The Morgan fingerprint density at radius 3 is 2.55 bits per heavy atom. The van der Waals surface area contributed by atoms with Gasteiger partial charge in [-0.1, -0.05) is 59.6 Å². The van der Waals surface area contributed by atoms with Gasteiger partial charge < -0.3 is 0 Å². The van der Waals surface area contributed by atoms with E-state index < -0.39 is 0 Å². The number of carbonyl (C=O) groups excluding carboxylic acids is 2. The zero-order chi connectivity index (χ0) is 20.9. The van der Waals surface area contributed by atoms with Crippen LogP contribution in [-0.2, 0) is 9.59 Å². The highest BCUT2D eigenvalue weighted by molar-refractivity contribution is 9.10. The van der Waals surface area contributed by atoms with Crippen LogP contribution in [0.15, 0.2) is 58.2 Å². The maximum Gasteiger partial charge on any atom is 0.232 e. The van der Waals surface area contributed by atoms with Crippen molar-refractivity contribution in [2.24, 2.45) is 5.41 Å². The zero-order valence-electron chi connectivity index (χ0n) is 16.8. The van der Waals surface area contributed by atoms with Crippen molar-refractivity contribution >= 4 is 44.9 Å². The first-order valence-corrected chi connectivity index (χ1v) is 10.9. The van der Waals surface area contributed by atoms with Crippen LogP contribution < -0.4 is 4.90 Å². The monoisotopic (exact) mass is 471 g/mol. The predicted octanol–water partition coefficient (Wildman–Crippen LogP) is 6.57. The number of hydrogen-bond donors (Lipinski definition) is 0. The quantitative estimate of drug-likeness (QED) is 0.495. The fourth-order valence-electron chi connectivity index (χ4n) is 4.54. The Kier molecular flexibility index (Phi) is 5.20. The lowest BCUT2D eigenvalue weighted by molar-refractivity contribution is -0.121. The van der Waals surface area contributed by atoms with Crippen LogP contribution in [0.4, 0.5) is 5.69 Å². The molecule has 2 aliphatic rings. The fourth-order valence-corrected chi connectivity index (χ4v) is 5.13. The largest absolute Gasteiger partial charge is 0.294 e. The number of carbonyl (C=O) groups is 2. The highest BCUT2D eigenvalue weighted by atomic mass is 79.9. The molecule has 3 nitrogen and oxygen atoms in total. The van der Waals surface area contributed by atoms with E-state index in [1.54, 1.807) is 4.90 Å². The molecule has 0 fully saturated rings. The second-order valence-electron chi connectivity index (χ2n) is 8.73. The maximum atomic E-state index is 13.4. The van der Waals surface area contributed by atoms with E-state index in [0.29, 0.717) is 17.9 Å². The number of ketones is 1. The molecule has 1 amide bonds. The summed E-state index contributed by atoms with van der Waals surface area (Å²) in [5.41, 5.74) is 4.04. The van der Waals surface area contributed by atoms with Crippen LogP contribution in [0.5, 0.6) is 0 Å². The van der Waals surface area contributed by atoms with Gasteiger partial charge in [-0.3, -0.25) is 14.5 Å². The minimum absolute atomic E-state index is 0.00425. The smallest absolute Gasteiger partial charge is 0.232 e. The predicted molar refractivity (Wildman–Crippen MR) is 120 cm³/mol. The summed E-state index contributed by atoms with van der Waals surface area (Å²) in [6.45, 7) is 6.09. The third-order valence-electron chi connectivity index (χ3n) is 5.87. The molecule has 1 aliphatic heterocycles. The minimum Gasteiger partial charge on any atom is -0.294 e. The summed E-state index contributed by atoms with van der Waals surface area (Å²) in [5, 5.41) is 0.618. The Bertz CT molecular complexity index is 1060. The molecular formula is C24H23BrClNO2. The molecule has 2 aromatic rings. The molecule has 1 atom stereocenters. The molecule has 0 radical (unpaired) electrons. The minimum atomic E-state index is -0.214. The first-order chi connectivity index (χ1) is 13.7. The van der Waals surface area contributed by atoms with Crippen molar-refractivity contribution in [3.63, 3.8) is 0 Å².